The van der Waals surface area contributed by atoms with E-state index in [1.165, 1.54) is 12.3 Å². The van der Waals surface area contributed by atoms with Gasteiger partial charge in [0.2, 0.25) is 0 Å². The normalized spacial score (nSPS) is 11.6. The number of aryl methyl sites for hydroxylation is 1. The lowest BCUT2D eigenvalue weighted by Crippen LogP contribution is -2.11. The van der Waals surface area contributed by atoms with Gasteiger partial charge in [-0.3, -0.25) is 10.1 Å². The molecule has 0 bridgehead atoms. The maximum absolute atomic E-state index is 12.6. The summed E-state index contributed by atoms with van der Waals surface area (Å²) in [7, 11) is 0. The summed E-state index contributed by atoms with van der Waals surface area (Å²) in [6.07, 6.45) is -2.75. The van der Waals surface area contributed by atoms with Crippen molar-refractivity contribution in [2.45, 2.75) is 13.1 Å². The first-order valence-corrected chi connectivity index (χ1v) is 5.03. The highest BCUT2D eigenvalue weighted by Crippen LogP contribution is 2.31. The fourth-order valence-corrected chi connectivity index (χ4v) is 1.47. The molecule has 0 aliphatic rings. The Hall–Kier alpha value is -2.45. The first-order chi connectivity index (χ1) is 8.79. The number of pyridine rings is 1. The second-order valence-electron chi connectivity index (χ2n) is 3.71. The molecule has 0 aliphatic heterocycles. The molecule has 2 aromatic heterocycles. The number of aromatic nitrogens is 3. The number of rotatable bonds is 2. The molecule has 0 aliphatic carbocycles. The van der Waals surface area contributed by atoms with E-state index < -0.39 is 22.5 Å². The van der Waals surface area contributed by atoms with Crippen LogP contribution in [0.4, 0.5) is 18.9 Å². The highest BCUT2D eigenvalue weighted by Gasteiger charge is 2.34. The van der Waals surface area contributed by atoms with Crippen LogP contribution in [0.5, 0.6) is 0 Å². The molecular formula is C10H7F3N4O2. The fraction of sp³-hybridized carbons (Fsp3) is 0.200. The topological polar surface area (TPSA) is 73.8 Å². The van der Waals surface area contributed by atoms with Crippen LogP contribution in [-0.4, -0.2) is 19.7 Å². The molecule has 0 atom stereocenters. The quantitative estimate of drug-likeness (QED) is 0.621. The third-order valence-corrected chi connectivity index (χ3v) is 2.32. The number of hydrogen-bond donors (Lipinski definition) is 0. The summed E-state index contributed by atoms with van der Waals surface area (Å²) in [5.74, 6) is 0. The Morgan fingerprint density at radius 1 is 1.42 bits per heavy atom. The third kappa shape index (κ3) is 2.54. The first kappa shape index (κ1) is 13.0. The van der Waals surface area contributed by atoms with Crippen LogP contribution in [0.1, 0.15) is 11.4 Å². The third-order valence-electron chi connectivity index (χ3n) is 2.32. The van der Waals surface area contributed by atoms with Crippen LogP contribution in [0.2, 0.25) is 0 Å². The number of halogens is 3. The van der Waals surface area contributed by atoms with Crippen LogP contribution in [-0.2, 0) is 6.18 Å². The van der Waals surface area contributed by atoms with Crippen molar-refractivity contribution in [3.05, 3.63) is 46.0 Å². The summed E-state index contributed by atoms with van der Waals surface area (Å²) in [4.78, 5) is 13.1. The van der Waals surface area contributed by atoms with Gasteiger partial charge < -0.3 is 0 Å². The van der Waals surface area contributed by atoms with Crippen molar-refractivity contribution < 1.29 is 18.1 Å². The van der Waals surface area contributed by atoms with Crippen molar-refractivity contribution in [3.63, 3.8) is 0 Å². The molecule has 0 saturated heterocycles. The second kappa shape index (κ2) is 4.34. The van der Waals surface area contributed by atoms with E-state index in [0.717, 1.165) is 4.68 Å². The maximum Gasteiger partial charge on any atom is 0.433 e. The summed E-state index contributed by atoms with van der Waals surface area (Å²) in [5, 5.41) is 14.7. The molecule has 0 radical (unpaired) electrons. The molecule has 0 N–H and O–H groups in total. The van der Waals surface area contributed by atoms with E-state index in [4.69, 9.17) is 0 Å². The van der Waals surface area contributed by atoms with Gasteiger partial charge in [-0.1, -0.05) is 0 Å². The zero-order valence-electron chi connectivity index (χ0n) is 9.55. The monoisotopic (exact) mass is 272 g/mol. The Morgan fingerprint density at radius 3 is 2.58 bits per heavy atom. The lowest BCUT2D eigenvalue weighted by molar-refractivity contribution is -0.385. The van der Waals surface area contributed by atoms with Crippen LogP contribution in [0.25, 0.3) is 5.69 Å². The molecule has 6 nitrogen and oxygen atoms in total. The zero-order valence-corrected chi connectivity index (χ0v) is 9.55. The lowest BCUT2D eigenvalue weighted by atomic mass is 10.3. The molecule has 0 aromatic carbocycles. The van der Waals surface area contributed by atoms with E-state index in [1.807, 2.05) is 0 Å². The van der Waals surface area contributed by atoms with Crippen molar-refractivity contribution >= 4 is 5.69 Å². The predicted octanol–water partition coefficient (Wildman–Crippen LogP) is 2.50. The molecule has 2 aromatic rings. The minimum Gasteiger partial charge on any atom is -0.258 e. The van der Waals surface area contributed by atoms with Gasteiger partial charge in [-0.25, -0.2) is 9.67 Å². The molecule has 0 fully saturated rings. The van der Waals surface area contributed by atoms with Crippen LogP contribution in [0.3, 0.4) is 0 Å². The van der Waals surface area contributed by atoms with Crippen molar-refractivity contribution in [2.24, 2.45) is 0 Å². The highest BCUT2D eigenvalue weighted by molar-refractivity contribution is 5.51. The molecule has 2 rings (SSSR count). The van der Waals surface area contributed by atoms with Crippen molar-refractivity contribution in [1.82, 2.24) is 14.8 Å². The molecule has 0 spiro atoms. The van der Waals surface area contributed by atoms with E-state index in [0.29, 0.717) is 18.0 Å². The van der Waals surface area contributed by atoms with Crippen LogP contribution in [0, 0.1) is 17.0 Å². The van der Waals surface area contributed by atoms with Gasteiger partial charge in [0.25, 0.3) is 0 Å². The maximum atomic E-state index is 12.6. The molecule has 9 heteroatoms. The summed E-state index contributed by atoms with van der Waals surface area (Å²) in [5.41, 5.74) is -1.50. The van der Waals surface area contributed by atoms with Crippen LogP contribution < -0.4 is 0 Å². The Bertz CT molecular complexity index is 636. The minimum atomic E-state index is -4.67. The summed E-state index contributed by atoms with van der Waals surface area (Å²) < 4.78 is 38.7. The van der Waals surface area contributed by atoms with Gasteiger partial charge in [0.05, 0.1) is 10.6 Å². The van der Waals surface area contributed by atoms with Gasteiger partial charge in [0.15, 0.2) is 0 Å². The van der Waals surface area contributed by atoms with Gasteiger partial charge in [-0.15, -0.1) is 0 Å². The van der Waals surface area contributed by atoms with E-state index >= 15 is 0 Å². The Labute approximate surface area is 104 Å². The summed E-state index contributed by atoms with van der Waals surface area (Å²) in [6.45, 7) is 1.62. The van der Waals surface area contributed by atoms with E-state index in [2.05, 4.69) is 10.1 Å². The molecule has 0 saturated carbocycles. The molecule has 19 heavy (non-hydrogen) atoms. The highest BCUT2D eigenvalue weighted by atomic mass is 19.4. The fourth-order valence-electron chi connectivity index (χ4n) is 1.47. The Morgan fingerprint density at radius 2 is 2.11 bits per heavy atom. The number of hydrogen-bond acceptors (Lipinski definition) is 4. The predicted molar refractivity (Wildman–Crippen MR) is 57.8 cm³/mol. The molecular weight excluding hydrogens is 265 g/mol. The largest absolute Gasteiger partial charge is 0.433 e. The molecule has 100 valence electrons. The molecule has 2 heterocycles. The van der Waals surface area contributed by atoms with E-state index in [1.54, 1.807) is 6.92 Å². The van der Waals surface area contributed by atoms with Gasteiger partial charge in [0.1, 0.15) is 17.6 Å². The van der Waals surface area contributed by atoms with E-state index in [-0.39, 0.29) is 5.69 Å². The average Bonchev–Trinajstić information content (AvgIpc) is 2.73. The first-order valence-electron chi connectivity index (χ1n) is 5.03. The van der Waals surface area contributed by atoms with Crippen molar-refractivity contribution in [2.75, 3.05) is 0 Å². The van der Waals surface area contributed by atoms with E-state index in [9.17, 15) is 23.3 Å². The zero-order chi connectivity index (χ0) is 14.2. The second-order valence-corrected chi connectivity index (χ2v) is 3.71. The standard InChI is InChI=1S/C10H7F3N4O2/c1-6-2-3-16(15-6)7-4-9(10(11,12)13)14-5-8(7)17(18)19/h2-5H,1H3. The van der Waals surface area contributed by atoms with Gasteiger partial charge in [0, 0.05) is 12.3 Å². The smallest absolute Gasteiger partial charge is 0.258 e. The number of alkyl halides is 3. The van der Waals surface area contributed by atoms with Crippen molar-refractivity contribution in [3.8, 4) is 5.69 Å². The lowest BCUT2D eigenvalue weighted by Gasteiger charge is -2.08. The van der Waals surface area contributed by atoms with Crippen LogP contribution >= 0.6 is 0 Å². The minimum absolute atomic E-state index is 0.277. The Balaban J connectivity index is 2.64. The van der Waals surface area contributed by atoms with Gasteiger partial charge >= 0.3 is 11.9 Å². The van der Waals surface area contributed by atoms with Gasteiger partial charge in [-0.05, 0) is 13.0 Å². The van der Waals surface area contributed by atoms with Crippen LogP contribution in [0.15, 0.2) is 24.5 Å². The number of nitrogens with zero attached hydrogens (tertiary/aromatic N) is 4. The average molecular weight is 272 g/mol. The summed E-state index contributed by atoms with van der Waals surface area (Å²) in [6, 6.07) is 2.13. The van der Waals surface area contributed by atoms with Gasteiger partial charge in [-0.2, -0.15) is 18.3 Å². The SMILES string of the molecule is Cc1ccn(-c2cc(C(F)(F)F)ncc2[N+](=O)[O-])n1. The molecule has 0 unspecified atom stereocenters. The Kier molecular flexibility index (Phi) is 2.97. The molecule has 0 amide bonds. The number of nitro groups is 1. The summed E-state index contributed by atoms with van der Waals surface area (Å²) >= 11 is 0. The van der Waals surface area contributed by atoms with Crippen molar-refractivity contribution in [1.29, 1.82) is 0 Å².